The fraction of sp³-hybridized carbons (Fsp3) is 0.158. The van der Waals surface area contributed by atoms with Gasteiger partial charge in [-0.2, -0.15) is 0 Å². The van der Waals surface area contributed by atoms with E-state index in [0.29, 0.717) is 0 Å². The number of hydrogen-bond acceptors (Lipinski definition) is 2. The van der Waals surface area contributed by atoms with Gasteiger partial charge in [0, 0.05) is 5.56 Å². The summed E-state index contributed by atoms with van der Waals surface area (Å²) in [5.41, 5.74) is 4.63. The molecule has 3 heteroatoms. The molecule has 3 aromatic rings. The molecule has 0 aliphatic rings. The summed E-state index contributed by atoms with van der Waals surface area (Å²) in [6.45, 7) is 2.87. The van der Waals surface area contributed by atoms with Crippen LogP contribution in [-0.2, 0) is 0 Å². The van der Waals surface area contributed by atoms with Crippen LogP contribution in [0.1, 0.15) is 13.3 Å². The van der Waals surface area contributed by atoms with Crippen molar-refractivity contribution in [1.82, 2.24) is 0 Å². The molecule has 1 nitrogen and oxygen atoms in total. The zero-order valence-electron chi connectivity index (χ0n) is 12.4. The van der Waals surface area contributed by atoms with Crippen LogP contribution in [0.2, 0.25) is 4.34 Å². The highest BCUT2D eigenvalue weighted by atomic mass is 35.5. The average molecular weight is 329 g/mol. The minimum atomic E-state index is 0.759. The number of rotatable bonds is 5. The molecule has 0 saturated carbocycles. The Morgan fingerprint density at radius 2 is 1.45 bits per heavy atom. The molecule has 0 radical (unpaired) electrons. The highest BCUT2D eigenvalue weighted by molar-refractivity contribution is 7.15. The van der Waals surface area contributed by atoms with Crippen molar-refractivity contribution in [2.75, 3.05) is 6.61 Å². The van der Waals surface area contributed by atoms with E-state index >= 15 is 0 Å². The molecule has 0 aliphatic carbocycles. The van der Waals surface area contributed by atoms with Crippen molar-refractivity contribution in [2.24, 2.45) is 0 Å². The third kappa shape index (κ3) is 3.34. The molecule has 0 saturated heterocycles. The van der Waals surface area contributed by atoms with Crippen LogP contribution in [0.25, 0.3) is 22.3 Å². The largest absolute Gasteiger partial charge is 0.494 e. The summed E-state index contributed by atoms with van der Waals surface area (Å²) in [6, 6.07) is 18.8. The summed E-state index contributed by atoms with van der Waals surface area (Å²) in [5.74, 6) is 0.923. The minimum absolute atomic E-state index is 0.759. The van der Waals surface area contributed by atoms with Gasteiger partial charge in [0.25, 0.3) is 0 Å². The normalized spacial score (nSPS) is 10.6. The number of halogens is 1. The van der Waals surface area contributed by atoms with Gasteiger partial charge in [0.15, 0.2) is 0 Å². The topological polar surface area (TPSA) is 9.23 Å². The van der Waals surface area contributed by atoms with Crippen molar-refractivity contribution in [3.8, 4) is 28.0 Å². The second-order valence-corrected chi connectivity index (χ2v) is 6.58. The molecule has 0 atom stereocenters. The van der Waals surface area contributed by atoms with Crippen LogP contribution in [0.4, 0.5) is 0 Å². The molecule has 2 aromatic carbocycles. The molecule has 3 rings (SSSR count). The predicted octanol–water partition coefficient (Wildman–Crippen LogP) is 6.52. The highest BCUT2D eigenvalue weighted by Crippen LogP contribution is 2.33. The molecular formula is C19H17ClOS. The molecule has 0 spiro atoms. The summed E-state index contributed by atoms with van der Waals surface area (Å²) in [7, 11) is 0. The van der Waals surface area contributed by atoms with E-state index in [0.717, 1.165) is 34.2 Å². The quantitative estimate of drug-likeness (QED) is 0.517. The van der Waals surface area contributed by atoms with Gasteiger partial charge >= 0.3 is 0 Å². The maximum absolute atomic E-state index is 6.19. The Morgan fingerprint density at radius 1 is 0.864 bits per heavy atom. The Balaban J connectivity index is 1.79. The van der Waals surface area contributed by atoms with Gasteiger partial charge in [-0.3, -0.25) is 0 Å². The fourth-order valence-corrected chi connectivity index (χ4v) is 3.27. The molecular weight excluding hydrogens is 312 g/mol. The standard InChI is InChI=1S/C19H17ClOS/c1-2-12-21-17-9-7-15(8-10-17)14-3-5-16(6-4-14)18-11-13-22-19(18)20/h3-11,13H,2,12H2,1H3. The van der Waals surface area contributed by atoms with Gasteiger partial charge in [-0.25, -0.2) is 0 Å². The Hall–Kier alpha value is -1.77. The average Bonchev–Trinajstić information content (AvgIpc) is 3.00. The van der Waals surface area contributed by atoms with E-state index in [2.05, 4.69) is 49.4 Å². The molecule has 0 fully saturated rings. The van der Waals surface area contributed by atoms with Crippen LogP contribution in [0, 0.1) is 0 Å². The maximum Gasteiger partial charge on any atom is 0.119 e. The summed E-state index contributed by atoms with van der Waals surface area (Å²) >= 11 is 7.75. The summed E-state index contributed by atoms with van der Waals surface area (Å²) in [6.07, 6.45) is 1.02. The predicted molar refractivity (Wildman–Crippen MR) is 96.0 cm³/mol. The van der Waals surface area contributed by atoms with Crippen LogP contribution in [-0.4, -0.2) is 6.61 Å². The first kappa shape index (κ1) is 15.1. The Kier molecular flexibility index (Phi) is 4.81. The van der Waals surface area contributed by atoms with Crippen molar-refractivity contribution >= 4 is 22.9 Å². The first-order chi connectivity index (χ1) is 10.8. The molecule has 0 amide bonds. The van der Waals surface area contributed by atoms with E-state index in [9.17, 15) is 0 Å². The number of thiophene rings is 1. The summed E-state index contributed by atoms with van der Waals surface area (Å²) < 4.78 is 6.45. The maximum atomic E-state index is 6.19. The smallest absolute Gasteiger partial charge is 0.119 e. The van der Waals surface area contributed by atoms with Crippen LogP contribution < -0.4 is 4.74 Å². The molecule has 22 heavy (non-hydrogen) atoms. The van der Waals surface area contributed by atoms with Crippen LogP contribution in [0.15, 0.2) is 60.0 Å². The zero-order chi connectivity index (χ0) is 15.4. The molecule has 0 aliphatic heterocycles. The third-order valence-electron chi connectivity index (χ3n) is 3.47. The Morgan fingerprint density at radius 3 is 2.00 bits per heavy atom. The zero-order valence-corrected chi connectivity index (χ0v) is 14.0. The first-order valence-corrected chi connectivity index (χ1v) is 8.60. The molecule has 1 heterocycles. The molecule has 1 aromatic heterocycles. The van der Waals surface area contributed by atoms with Gasteiger partial charge in [0.2, 0.25) is 0 Å². The SMILES string of the molecule is CCCOc1ccc(-c2ccc(-c3ccsc3Cl)cc2)cc1. The lowest BCUT2D eigenvalue weighted by atomic mass is 10.0. The van der Waals surface area contributed by atoms with Gasteiger partial charge in [-0.1, -0.05) is 54.9 Å². The second kappa shape index (κ2) is 6.99. The summed E-state index contributed by atoms with van der Waals surface area (Å²) in [5, 5.41) is 2.01. The van der Waals surface area contributed by atoms with Crippen molar-refractivity contribution in [1.29, 1.82) is 0 Å². The van der Waals surface area contributed by atoms with E-state index in [1.165, 1.54) is 11.1 Å². The van der Waals surface area contributed by atoms with Crippen LogP contribution in [0.5, 0.6) is 5.75 Å². The lowest BCUT2D eigenvalue weighted by Crippen LogP contribution is -1.94. The number of benzene rings is 2. The highest BCUT2D eigenvalue weighted by Gasteiger charge is 2.05. The third-order valence-corrected chi connectivity index (χ3v) is 4.64. The molecule has 0 bridgehead atoms. The van der Waals surface area contributed by atoms with Crippen molar-refractivity contribution in [2.45, 2.75) is 13.3 Å². The van der Waals surface area contributed by atoms with E-state index < -0.39 is 0 Å². The van der Waals surface area contributed by atoms with Gasteiger partial charge in [-0.15, -0.1) is 11.3 Å². The Labute approximate surface area is 140 Å². The molecule has 0 unspecified atom stereocenters. The van der Waals surface area contributed by atoms with Crippen LogP contribution in [0.3, 0.4) is 0 Å². The first-order valence-electron chi connectivity index (χ1n) is 7.34. The van der Waals surface area contributed by atoms with Gasteiger partial charge in [0.1, 0.15) is 10.1 Å². The fourth-order valence-electron chi connectivity index (χ4n) is 2.31. The van der Waals surface area contributed by atoms with Crippen molar-refractivity contribution in [3.05, 3.63) is 64.3 Å². The summed E-state index contributed by atoms with van der Waals surface area (Å²) in [4.78, 5) is 0. The Bertz CT molecular complexity index is 729. The van der Waals surface area contributed by atoms with Gasteiger partial charge < -0.3 is 4.74 Å². The van der Waals surface area contributed by atoms with E-state index in [1.807, 2.05) is 17.5 Å². The number of ether oxygens (including phenoxy) is 1. The monoisotopic (exact) mass is 328 g/mol. The lowest BCUT2D eigenvalue weighted by Gasteiger charge is -2.07. The van der Waals surface area contributed by atoms with E-state index in [4.69, 9.17) is 16.3 Å². The molecule has 112 valence electrons. The van der Waals surface area contributed by atoms with Gasteiger partial charge in [-0.05, 0) is 46.7 Å². The number of hydrogen-bond donors (Lipinski definition) is 0. The minimum Gasteiger partial charge on any atom is -0.494 e. The second-order valence-electron chi connectivity index (χ2n) is 5.06. The van der Waals surface area contributed by atoms with E-state index in [-0.39, 0.29) is 0 Å². The van der Waals surface area contributed by atoms with Crippen molar-refractivity contribution in [3.63, 3.8) is 0 Å². The van der Waals surface area contributed by atoms with Crippen molar-refractivity contribution < 1.29 is 4.74 Å². The lowest BCUT2D eigenvalue weighted by molar-refractivity contribution is 0.317. The van der Waals surface area contributed by atoms with Crippen LogP contribution >= 0.6 is 22.9 Å². The van der Waals surface area contributed by atoms with E-state index in [1.54, 1.807) is 11.3 Å². The molecule has 0 N–H and O–H groups in total. The van der Waals surface area contributed by atoms with Gasteiger partial charge in [0.05, 0.1) is 6.61 Å².